The van der Waals surface area contributed by atoms with Crippen LogP contribution < -0.4 is 4.90 Å². The van der Waals surface area contributed by atoms with Gasteiger partial charge < -0.3 is 10.0 Å². The molecule has 0 aliphatic rings. The Morgan fingerprint density at radius 1 is 1.03 bits per heavy atom. The van der Waals surface area contributed by atoms with Gasteiger partial charge >= 0.3 is 5.97 Å². The largest absolute Gasteiger partial charge is 0.478 e. The van der Waals surface area contributed by atoms with Gasteiger partial charge in [0, 0.05) is 42.7 Å². The first-order valence-corrected chi connectivity index (χ1v) is 13.6. The molecule has 0 amide bonds. The second-order valence-corrected chi connectivity index (χ2v) is 12.9. The highest BCUT2D eigenvalue weighted by molar-refractivity contribution is 8.03. The summed E-state index contributed by atoms with van der Waals surface area (Å²) < 4.78 is 0.322. The Labute approximate surface area is 221 Å². The van der Waals surface area contributed by atoms with Crippen molar-refractivity contribution in [1.82, 2.24) is 15.0 Å². The fraction of sp³-hybridized carbons (Fsp3) is 0.444. The van der Waals surface area contributed by atoms with E-state index in [1.165, 1.54) is 11.8 Å². The lowest BCUT2D eigenvalue weighted by Crippen LogP contribution is -2.37. The van der Waals surface area contributed by atoms with Crippen molar-refractivity contribution >= 4 is 40.8 Å². The quantitative estimate of drug-likeness (QED) is 0.307. The van der Waals surface area contributed by atoms with Gasteiger partial charge in [-0.05, 0) is 43.5 Å². The average Bonchev–Trinajstić information content (AvgIpc) is 3.27. The third-order valence-electron chi connectivity index (χ3n) is 5.70. The van der Waals surface area contributed by atoms with E-state index in [1.807, 2.05) is 64.5 Å². The molecule has 0 radical (unpaired) electrons. The number of hydrogen-bond acceptors (Lipinski definition) is 8. The number of carbonyl (C=O) groups excluding carboxylic acids is 1. The minimum Gasteiger partial charge on any atom is -0.478 e. The molecule has 1 N–H and O–H groups in total. The van der Waals surface area contributed by atoms with Crippen LogP contribution in [0.3, 0.4) is 0 Å². The molecular formula is C27H34N4O3S2. The number of nitrogens with zero attached hydrogens (tertiary/aromatic N) is 4. The number of Topliss-reactive ketones (excluding diaryl/α,β-unsaturated/α-hetero) is 1. The molecule has 3 rings (SSSR count). The summed E-state index contributed by atoms with van der Waals surface area (Å²) in [5, 5.41) is 11.2. The van der Waals surface area contributed by atoms with Crippen molar-refractivity contribution in [2.75, 3.05) is 11.4 Å². The van der Waals surface area contributed by atoms with Crippen molar-refractivity contribution in [3.05, 3.63) is 64.4 Å². The number of aromatic nitrogens is 3. The van der Waals surface area contributed by atoms with Crippen LogP contribution in [-0.2, 0) is 24.2 Å². The van der Waals surface area contributed by atoms with Crippen molar-refractivity contribution in [2.24, 2.45) is 5.41 Å². The van der Waals surface area contributed by atoms with Crippen molar-refractivity contribution in [3.63, 3.8) is 0 Å². The van der Waals surface area contributed by atoms with Crippen LogP contribution in [0.2, 0.25) is 0 Å². The van der Waals surface area contributed by atoms with E-state index in [-0.39, 0.29) is 11.3 Å². The molecule has 0 fully saturated rings. The van der Waals surface area contributed by atoms with E-state index in [0.717, 1.165) is 27.6 Å². The van der Waals surface area contributed by atoms with Crippen LogP contribution in [0.1, 0.15) is 68.7 Å². The van der Waals surface area contributed by atoms with E-state index < -0.39 is 16.1 Å². The number of thiazole rings is 1. The molecule has 2 aromatic heterocycles. The number of benzene rings is 1. The third-order valence-corrected chi connectivity index (χ3v) is 7.88. The molecule has 36 heavy (non-hydrogen) atoms. The lowest BCUT2D eigenvalue weighted by Gasteiger charge is -2.29. The molecule has 9 heteroatoms. The fourth-order valence-electron chi connectivity index (χ4n) is 3.78. The number of ketones is 1. The SMILES string of the molecule is CCc1cnc(N(CCc2csc(SC(C)(C)C(=O)C(C)(C)C)n2)Cc2ccc(C(=O)O)cc2)nc1. The molecule has 0 spiro atoms. The third kappa shape index (κ3) is 7.36. The van der Waals surface area contributed by atoms with E-state index in [4.69, 9.17) is 4.98 Å². The van der Waals surface area contributed by atoms with Crippen molar-refractivity contribution in [2.45, 2.75) is 70.0 Å². The molecule has 1 aromatic carbocycles. The Hall–Kier alpha value is -2.78. The minimum atomic E-state index is -0.943. The van der Waals surface area contributed by atoms with E-state index in [1.54, 1.807) is 23.5 Å². The van der Waals surface area contributed by atoms with E-state index in [0.29, 0.717) is 25.5 Å². The molecule has 0 atom stereocenters. The van der Waals surface area contributed by atoms with Gasteiger partial charge in [0.05, 0.1) is 16.0 Å². The predicted molar refractivity (Wildman–Crippen MR) is 146 cm³/mol. The van der Waals surface area contributed by atoms with E-state index in [2.05, 4.69) is 21.8 Å². The normalized spacial score (nSPS) is 11.9. The number of carbonyl (C=O) groups is 2. The maximum absolute atomic E-state index is 12.8. The number of carboxylic acid groups (broad SMARTS) is 1. The van der Waals surface area contributed by atoms with Gasteiger partial charge in [0.2, 0.25) is 5.95 Å². The molecule has 0 bridgehead atoms. The van der Waals surface area contributed by atoms with Crippen molar-refractivity contribution < 1.29 is 14.7 Å². The van der Waals surface area contributed by atoms with Crippen molar-refractivity contribution in [1.29, 1.82) is 0 Å². The number of hydrogen-bond donors (Lipinski definition) is 1. The Balaban J connectivity index is 1.73. The predicted octanol–water partition coefficient (Wildman–Crippen LogP) is 5.93. The number of aryl methyl sites for hydroxylation is 1. The summed E-state index contributed by atoms with van der Waals surface area (Å²) in [6.07, 6.45) is 5.24. The van der Waals surface area contributed by atoms with Gasteiger partial charge in [-0.25, -0.2) is 19.7 Å². The average molecular weight is 527 g/mol. The molecule has 0 saturated heterocycles. The van der Waals surface area contributed by atoms with Gasteiger partial charge in [0.15, 0.2) is 10.1 Å². The highest BCUT2D eigenvalue weighted by Crippen LogP contribution is 2.39. The molecule has 0 aliphatic heterocycles. The Morgan fingerprint density at radius 2 is 1.67 bits per heavy atom. The number of anilines is 1. The Morgan fingerprint density at radius 3 is 2.22 bits per heavy atom. The van der Waals surface area contributed by atoms with Gasteiger partial charge in [-0.3, -0.25) is 4.79 Å². The maximum atomic E-state index is 12.8. The number of rotatable bonds is 11. The van der Waals surface area contributed by atoms with Crippen molar-refractivity contribution in [3.8, 4) is 0 Å². The molecule has 0 aliphatic carbocycles. The maximum Gasteiger partial charge on any atom is 0.335 e. The zero-order valence-corrected chi connectivity index (χ0v) is 23.4. The number of carboxylic acids is 1. The van der Waals surface area contributed by atoms with Gasteiger partial charge in [0.25, 0.3) is 0 Å². The van der Waals surface area contributed by atoms with Crippen LogP contribution >= 0.6 is 23.1 Å². The number of aromatic carboxylic acids is 1. The van der Waals surface area contributed by atoms with Gasteiger partial charge in [-0.15, -0.1) is 11.3 Å². The summed E-state index contributed by atoms with van der Waals surface area (Å²) in [6, 6.07) is 6.87. The van der Waals surface area contributed by atoms with Crippen LogP contribution in [0.25, 0.3) is 0 Å². The van der Waals surface area contributed by atoms with Crippen LogP contribution in [-0.4, -0.2) is 43.1 Å². The summed E-state index contributed by atoms with van der Waals surface area (Å²) in [5.41, 5.74) is 2.85. The lowest BCUT2D eigenvalue weighted by molar-refractivity contribution is -0.127. The molecule has 0 saturated carbocycles. The second-order valence-electron chi connectivity index (χ2n) is 10.2. The fourth-order valence-corrected chi connectivity index (χ4v) is 6.32. The summed E-state index contributed by atoms with van der Waals surface area (Å²) >= 11 is 3.07. The molecular weight excluding hydrogens is 492 g/mol. The first-order valence-electron chi connectivity index (χ1n) is 12.0. The standard InChI is InChI=1S/C27H34N4O3S2/c1-7-18-14-28-24(29-15-18)31(16-19-8-10-20(11-9-19)22(32)33)13-12-21-17-35-25(30-21)36-27(5,6)23(34)26(2,3)4/h8-11,14-15,17H,7,12-13,16H2,1-6H3,(H,32,33). The van der Waals surface area contributed by atoms with E-state index in [9.17, 15) is 14.7 Å². The van der Waals surface area contributed by atoms with Crippen LogP contribution in [0.15, 0.2) is 46.4 Å². The lowest BCUT2D eigenvalue weighted by atomic mass is 9.84. The Bertz CT molecular complexity index is 1180. The number of thioether (sulfide) groups is 1. The first kappa shape index (κ1) is 27.8. The smallest absolute Gasteiger partial charge is 0.335 e. The summed E-state index contributed by atoms with van der Waals surface area (Å²) in [7, 11) is 0. The van der Waals surface area contributed by atoms with Gasteiger partial charge in [-0.1, -0.05) is 51.6 Å². The molecule has 3 aromatic rings. The van der Waals surface area contributed by atoms with E-state index >= 15 is 0 Å². The van der Waals surface area contributed by atoms with Gasteiger partial charge in [-0.2, -0.15) is 0 Å². The second kappa shape index (κ2) is 11.5. The molecule has 192 valence electrons. The summed E-state index contributed by atoms with van der Waals surface area (Å²) in [4.78, 5) is 40.0. The molecule has 2 heterocycles. The first-order chi connectivity index (χ1) is 16.9. The highest BCUT2D eigenvalue weighted by Gasteiger charge is 2.37. The molecule has 0 unspecified atom stereocenters. The van der Waals surface area contributed by atoms with Crippen LogP contribution in [0.4, 0.5) is 5.95 Å². The zero-order chi connectivity index (χ0) is 26.5. The summed E-state index contributed by atoms with van der Waals surface area (Å²) in [6.45, 7) is 13.0. The monoisotopic (exact) mass is 526 g/mol. The van der Waals surface area contributed by atoms with Crippen LogP contribution in [0.5, 0.6) is 0 Å². The zero-order valence-electron chi connectivity index (χ0n) is 21.7. The molecule has 7 nitrogen and oxygen atoms in total. The highest BCUT2D eigenvalue weighted by atomic mass is 32.2. The minimum absolute atomic E-state index is 0.199. The summed E-state index contributed by atoms with van der Waals surface area (Å²) in [5.74, 6) is -0.123. The van der Waals surface area contributed by atoms with Crippen LogP contribution in [0, 0.1) is 5.41 Å². The Kier molecular flexibility index (Phi) is 8.89. The van der Waals surface area contributed by atoms with Gasteiger partial charge in [0.1, 0.15) is 0 Å². The topological polar surface area (TPSA) is 96.3 Å².